The fraction of sp³-hybridized carbons (Fsp3) is 0.0714. The van der Waals surface area contributed by atoms with Crippen molar-refractivity contribution in [2.45, 2.75) is 6.92 Å². The van der Waals surface area contributed by atoms with E-state index in [9.17, 15) is 8.78 Å². The Morgan fingerprint density at radius 1 is 1.05 bits per heavy atom. The van der Waals surface area contributed by atoms with Crippen LogP contribution in [0.4, 0.5) is 8.78 Å². The Bertz CT molecular complexity index is 621. The number of amidine groups is 1. The van der Waals surface area contributed by atoms with E-state index in [2.05, 4.69) is 0 Å². The molecule has 0 radical (unpaired) electrons. The molecule has 0 amide bonds. The minimum absolute atomic E-state index is 0.0409. The highest BCUT2D eigenvalue weighted by molar-refractivity contribution is 5.96. The van der Waals surface area contributed by atoms with Crippen molar-refractivity contribution in [3.05, 3.63) is 59.2 Å². The number of rotatable bonds is 3. The largest absolute Gasteiger partial charge is 0.457 e. The molecule has 0 saturated heterocycles. The summed E-state index contributed by atoms with van der Waals surface area (Å²) in [6.45, 7) is 1.77. The summed E-state index contributed by atoms with van der Waals surface area (Å²) in [6.07, 6.45) is 0. The highest BCUT2D eigenvalue weighted by atomic mass is 19.1. The average molecular weight is 262 g/mol. The number of benzene rings is 2. The van der Waals surface area contributed by atoms with Crippen LogP contribution in [0.3, 0.4) is 0 Å². The minimum Gasteiger partial charge on any atom is -0.457 e. The normalized spacial score (nSPS) is 10.3. The number of nitrogen functional groups attached to an aromatic ring is 1. The molecule has 2 aromatic rings. The third-order valence-corrected chi connectivity index (χ3v) is 2.56. The third kappa shape index (κ3) is 3.07. The van der Waals surface area contributed by atoms with Crippen molar-refractivity contribution in [3.8, 4) is 11.5 Å². The fourth-order valence-corrected chi connectivity index (χ4v) is 1.73. The highest BCUT2D eigenvalue weighted by Gasteiger charge is 2.06. The van der Waals surface area contributed by atoms with Crippen LogP contribution in [-0.2, 0) is 0 Å². The molecule has 3 N–H and O–H groups in total. The smallest absolute Gasteiger partial charge is 0.133 e. The Balaban J connectivity index is 2.28. The van der Waals surface area contributed by atoms with Crippen LogP contribution in [0.1, 0.15) is 11.1 Å². The second-order valence-corrected chi connectivity index (χ2v) is 4.10. The van der Waals surface area contributed by atoms with Gasteiger partial charge in [-0.2, -0.15) is 0 Å². The Labute approximate surface area is 109 Å². The van der Waals surface area contributed by atoms with Crippen LogP contribution in [-0.4, -0.2) is 5.84 Å². The number of nitrogens with one attached hydrogen (secondary N) is 1. The lowest BCUT2D eigenvalue weighted by Crippen LogP contribution is -2.12. The predicted molar refractivity (Wildman–Crippen MR) is 68.6 cm³/mol. The van der Waals surface area contributed by atoms with E-state index in [1.807, 2.05) is 0 Å². The number of aryl methyl sites for hydroxylation is 1. The second kappa shape index (κ2) is 5.06. The first kappa shape index (κ1) is 13.0. The summed E-state index contributed by atoms with van der Waals surface area (Å²) in [5, 5.41) is 7.36. The van der Waals surface area contributed by atoms with Crippen LogP contribution in [0.25, 0.3) is 0 Å². The van der Waals surface area contributed by atoms with Crippen LogP contribution in [0.15, 0.2) is 36.4 Å². The van der Waals surface area contributed by atoms with E-state index in [0.717, 1.165) is 23.8 Å². The van der Waals surface area contributed by atoms with Crippen molar-refractivity contribution < 1.29 is 13.5 Å². The van der Waals surface area contributed by atoms with Crippen LogP contribution in [0, 0.1) is 24.0 Å². The first-order valence-electron chi connectivity index (χ1n) is 5.54. The molecule has 98 valence electrons. The van der Waals surface area contributed by atoms with E-state index in [-0.39, 0.29) is 11.6 Å². The highest BCUT2D eigenvalue weighted by Crippen LogP contribution is 2.25. The number of nitrogens with two attached hydrogens (primary N) is 1. The van der Waals surface area contributed by atoms with E-state index in [1.54, 1.807) is 25.1 Å². The van der Waals surface area contributed by atoms with Crippen molar-refractivity contribution in [3.63, 3.8) is 0 Å². The maximum atomic E-state index is 13.0. The van der Waals surface area contributed by atoms with E-state index in [0.29, 0.717) is 11.3 Å². The molecule has 0 saturated carbocycles. The van der Waals surface area contributed by atoms with Crippen molar-refractivity contribution in [1.82, 2.24) is 0 Å². The molecule has 0 bridgehead atoms. The molecular formula is C14H12F2N2O. The molecule has 0 aliphatic carbocycles. The molecule has 0 spiro atoms. The van der Waals surface area contributed by atoms with Crippen molar-refractivity contribution >= 4 is 5.84 Å². The predicted octanol–water partition coefficient (Wildman–Crippen LogP) is 3.35. The lowest BCUT2D eigenvalue weighted by molar-refractivity contribution is 0.468. The molecule has 0 unspecified atom stereocenters. The molecule has 0 atom stereocenters. The molecule has 0 heterocycles. The van der Waals surface area contributed by atoms with E-state index < -0.39 is 11.6 Å². The summed E-state index contributed by atoms with van der Waals surface area (Å²) in [7, 11) is 0. The molecule has 5 heteroatoms. The molecule has 0 aromatic heterocycles. The minimum atomic E-state index is -0.702. The van der Waals surface area contributed by atoms with E-state index in [1.165, 1.54) is 0 Å². The van der Waals surface area contributed by atoms with Gasteiger partial charge in [-0.25, -0.2) is 8.78 Å². The summed E-state index contributed by atoms with van der Waals surface area (Å²) in [5.41, 5.74) is 6.75. The number of hydrogen-bond acceptors (Lipinski definition) is 2. The van der Waals surface area contributed by atoms with Crippen LogP contribution >= 0.6 is 0 Å². The van der Waals surface area contributed by atoms with Gasteiger partial charge >= 0.3 is 0 Å². The van der Waals surface area contributed by atoms with Gasteiger partial charge in [0, 0.05) is 23.8 Å². The number of halogens is 2. The first-order valence-corrected chi connectivity index (χ1v) is 5.54. The molecule has 19 heavy (non-hydrogen) atoms. The van der Waals surface area contributed by atoms with Gasteiger partial charge in [0.1, 0.15) is 29.0 Å². The summed E-state index contributed by atoms with van der Waals surface area (Å²) >= 11 is 0. The van der Waals surface area contributed by atoms with Gasteiger partial charge in [0.25, 0.3) is 0 Å². The second-order valence-electron chi connectivity index (χ2n) is 4.10. The van der Waals surface area contributed by atoms with Gasteiger partial charge in [0.15, 0.2) is 0 Å². The summed E-state index contributed by atoms with van der Waals surface area (Å²) in [6, 6.07) is 7.83. The topological polar surface area (TPSA) is 59.1 Å². The molecule has 3 nitrogen and oxygen atoms in total. The van der Waals surface area contributed by atoms with E-state index >= 15 is 0 Å². The van der Waals surface area contributed by atoms with Gasteiger partial charge in [0.05, 0.1) is 0 Å². The zero-order valence-corrected chi connectivity index (χ0v) is 10.2. The average Bonchev–Trinajstić information content (AvgIpc) is 2.26. The Morgan fingerprint density at radius 3 is 2.21 bits per heavy atom. The molecule has 2 aromatic carbocycles. The third-order valence-electron chi connectivity index (χ3n) is 2.56. The van der Waals surface area contributed by atoms with E-state index in [4.69, 9.17) is 15.9 Å². The Morgan fingerprint density at radius 2 is 1.68 bits per heavy atom. The summed E-state index contributed by atoms with van der Waals surface area (Å²) in [4.78, 5) is 0. The zero-order valence-electron chi connectivity index (χ0n) is 10.2. The lowest BCUT2D eigenvalue weighted by Gasteiger charge is -2.09. The monoisotopic (exact) mass is 262 g/mol. The quantitative estimate of drug-likeness (QED) is 0.658. The van der Waals surface area contributed by atoms with Crippen LogP contribution in [0.2, 0.25) is 0 Å². The van der Waals surface area contributed by atoms with Gasteiger partial charge in [-0.3, -0.25) is 5.41 Å². The van der Waals surface area contributed by atoms with Gasteiger partial charge in [-0.1, -0.05) is 0 Å². The van der Waals surface area contributed by atoms with Gasteiger partial charge in [-0.15, -0.1) is 0 Å². The Kier molecular flexibility index (Phi) is 3.46. The van der Waals surface area contributed by atoms with Gasteiger partial charge in [0.2, 0.25) is 0 Å². The van der Waals surface area contributed by atoms with Gasteiger partial charge < -0.3 is 10.5 Å². The Hall–Kier alpha value is -2.43. The van der Waals surface area contributed by atoms with Crippen molar-refractivity contribution in [2.75, 3.05) is 0 Å². The standard InChI is InChI=1S/C14H12F2N2O/c1-8-4-11(2-3-13(8)14(17)18)19-12-6-9(15)5-10(16)7-12/h2-7H,1H3,(H3,17,18). The molecule has 0 aliphatic heterocycles. The van der Waals surface area contributed by atoms with Crippen molar-refractivity contribution in [1.29, 1.82) is 5.41 Å². The SMILES string of the molecule is Cc1cc(Oc2cc(F)cc(F)c2)ccc1C(=N)N. The summed E-state index contributed by atoms with van der Waals surface area (Å²) in [5.74, 6) is -0.944. The zero-order chi connectivity index (χ0) is 14.0. The number of ether oxygens (including phenoxy) is 1. The molecular weight excluding hydrogens is 250 g/mol. The van der Waals surface area contributed by atoms with Crippen LogP contribution in [0.5, 0.6) is 11.5 Å². The summed E-state index contributed by atoms with van der Waals surface area (Å²) < 4.78 is 31.4. The van der Waals surface area contributed by atoms with Crippen molar-refractivity contribution in [2.24, 2.45) is 5.73 Å². The maximum Gasteiger partial charge on any atom is 0.133 e. The first-order chi connectivity index (χ1) is 8.95. The lowest BCUT2D eigenvalue weighted by atomic mass is 10.1. The molecule has 2 rings (SSSR count). The van der Waals surface area contributed by atoms with Crippen LogP contribution < -0.4 is 10.5 Å². The molecule has 0 aliphatic rings. The van der Waals surface area contributed by atoms with Gasteiger partial charge in [-0.05, 0) is 30.7 Å². The number of hydrogen-bond donors (Lipinski definition) is 2. The molecule has 0 fully saturated rings. The fourth-order valence-electron chi connectivity index (χ4n) is 1.73. The maximum absolute atomic E-state index is 13.0.